The zero-order chi connectivity index (χ0) is 23.4. The second kappa shape index (κ2) is 9.96. The summed E-state index contributed by atoms with van der Waals surface area (Å²) in [4.78, 5) is 29.2. The van der Waals surface area contributed by atoms with E-state index < -0.39 is 23.5 Å². The molecule has 0 aromatic heterocycles. The predicted molar refractivity (Wildman–Crippen MR) is 121 cm³/mol. The first kappa shape index (κ1) is 23.5. The van der Waals surface area contributed by atoms with Crippen LogP contribution in [0, 0.1) is 12.7 Å². The maximum atomic E-state index is 14.8. The smallest absolute Gasteiger partial charge is 0.295 e. The van der Waals surface area contributed by atoms with Gasteiger partial charge in [0, 0.05) is 17.7 Å². The van der Waals surface area contributed by atoms with Crippen molar-refractivity contribution in [3.05, 3.63) is 70.5 Å². The van der Waals surface area contributed by atoms with Crippen molar-refractivity contribution >= 4 is 17.4 Å². The molecule has 0 bridgehead atoms. The fourth-order valence-electron chi connectivity index (χ4n) is 3.96. The third-order valence-corrected chi connectivity index (χ3v) is 5.49. The Bertz CT molecular complexity index is 1050. The summed E-state index contributed by atoms with van der Waals surface area (Å²) in [5.41, 5.74) is 1.23. The molecule has 1 heterocycles. The minimum absolute atomic E-state index is 0.103. The van der Waals surface area contributed by atoms with Crippen LogP contribution in [-0.4, -0.2) is 60.4 Å². The average molecular weight is 441 g/mol. The molecule has 1 amide bonds. The normalized spacial score (nSPS) is 17.9. The Morgan fingerprint density at radius 3 is 2.53 bits per heavy atom. The number of ether oxygens (including phenoxy) is 1. The van der Waals surface area contributed by atoms with Crippen LogP contribution >= 0.6 is 0 Å². The van der Waals surface area contributed by atoms with Gasteiger partial charge in [-0.2, -0.15) is 0 Å². The molecule has 1 aliphatic rings. The summed E-state index contributed by atoms with van der Waals surface area (Å²) in [6, 6.07) is 10.1. The monoisotopic (exact) mass is 440 g/mol. The molecule has 170 valence electrons. The number of aryl methyl sites for hydroxylation is 1. The Morgan fingerprint density at radius 2 is 1.91 bits per heavy atom. The first-order valence-electron chi connectivity index (χ1n) is 10.7. The number of carbonyl (C=O) groups excluding carboxylic acids is 2. The van der Waals surface area contributed by atoms with Crippen LogP contribution in [-0.2, 0) is 9.59 Å². The molecule has 32 heavy (non-hydrogen) atoms. The molecule has 7 heteroatoms. The van der Waals surface area contributed by atoms with Crippen molar-refractivity contribution in [1.29, 1.82) is 0 Å². The summed E-state index contributed by atoms with van der Waals surface area (Å²) >= 11 is 0. The molecule has 3 rings (SSSR count). The fourth-order valence-corrected chi connectivity index (χ4v) is 3.96. The summed E-state index contributed by atoms with van der Waals surface area (Å²) in [5.74, 6) is -1.74. The van der Waals surface area contributed by atoms with Crippen LogP contribution in [0.4, 0.5) is 4.39 Å². The number of benzene rings is 2. The van der Waals surface area contributed by atoms with E-state index in [1.54, 1.807) is 36.4 Å². The molecule has 1 saturated heterocycles. The van der Waals surface area contributed by atoms with Gasteiger partial charge in [0.15, 0.2) is 0 Å². The minimum Gasteiger partial charge on any atom is -0.507 e. The Labute approximate surface area is 187 Å². The Balaban J connectivity index is 2.11. The van der Waals surface area contributed by atoms with Gasteiger partial charge in [-0.3, -0.25) is 9.59 Å². The maximum Gasteiger partial charge on any atom is 0.295 e. The van der Waals surface area contributed by atoms with E-state index >= 15 is 0 Å². The van der Waals surface area contributed by atoms with E-state index in [0.29, 0.717) is 30.9 Å². The number of likely N-dealkylation sites (tertiary alicyclic amines) is 1. The first-order chi connectivity index (χ1) is 15.3. The molecule has 6 nitrogen and oxygen atoms in total. The summed E-state index contributed by atoms with van der Waals surface area (Å²) in [5, 5.41) is 11.1. The largest absolute Gasteiger partial charge is 0.507 e. The summed E-state index contributed by atoms with van der Waals surface area (Å²) in [7, 11) is 3.83. The summed E-state index contributed by atoms with van der Waals surface area (Å²) in [6.07, 6.45) is 0.604. The van der Waals surface area contributed by atoms with Crippen molar-refractivity contribution in [2.45, 2.75) is 26.3 Å². The Kier molecular flexibility index (Phi) is 7.30. The van der Waals surface area contributed by atoms with Gasteiger partial charge >= 0.3 is 0 Å². The number of hydrogen-bond donors (Lipinski definition) is 1. The number of aliphatic hydroxyl groups excluding tert-OH is 1. The zero-order valence-corrected chi connectivity index (χ0v) is 18.9. The van der Waals surface area contributed by atoms with Crippen LogP contribution in [0.1, 0.15) is 36.1 Å². The molecule has 0 radical (unpaired) electrons. The number of amides is 1. The number of nitrogens with zero attached hydrogens (tertiary/aromatic N) is 2. The Morgan fingerprint density at radius 1 is 1.19 bits per heavy atom. The van der Waals surface area contributed by atoms with E-state index in [0.717, 1.165) is 5.56 Å². The van der Waals surface area contributed by atoms with E-state index in [9.17, 15) is 19.1 Å². The molecule has 0 aliphatic carbocycles. The van der Waals surface area contributed by atoms with Crippen LogP contribution in [0.15, 0.2) is 48.0 Å². The molecular weight excluding hydrogens is 411 g/mol. The minimum atomic E-state index is -0.995. The van der Waals surface area contributed by atoms with Gasteiger partial charge in [0.05, 0.1) is 18.2 Å². The highest BCUT2D eigenvalue weighted by atomic mass is 19.1. The maximum absolute atomic E-state index is 14.8. The molecule has 1 N–H and O–H groups in total. The number of ketones is 1. The number of carbonyl (C=O) groups is 2. The molecule has 0 spiro atoms. The number of halogens is 1. The predicted octanol–water partition coefficient (Wildman–Crippen LogP) is 3.91. The zero-order valence-electron chi connectivity index (χ0n) is 18.9. The second-order valence-corrected chi connectivity index (χ2v) is 8.08. The highest BCUT2D eigenvalue weighted by Crippen LogP contribution is 2.40. The third-order valence-electron chi connectivity index (χ3n) is 5.49. The molecule has 2 aromatic rings. The molecule has 1 fully saturated rings. The van der Waals surface area contributed by atoms with E-state index in [2.05, 4.69) is 0 Å². The van der Waals surface area contributed by atoms with Crippen molar-refractivity contribution < 1.29 is 23.8 Å². The van der Waals surface area contributed by atoms with Crippen LogP contribution < -0.4 is 4.74 Å². The van der Waals surface area contributed by atoms with Gasteiger partial charge in [-0.05, 0) is 70.7 Å². The number of Topliss-reactive ketones (excluding diaryl/α,β-unsaturated/α-hetero) is 1. The molecule has 1 atom stereocenters. The highest BCUT2D eigenvalue weighted by Gasteiger charge is 2.46. The van der Waals surface area contributed by atoms with Gasteiger partial charge in [0.2, 0.25) is 0 Å². The summed E-state index contributed by atoms with van der Waals surface area (Å²) in [6.45, 7) is 5.17. The fraction of sp³-hybridized carbons (Fsp3) is 0.360. The van der Waals surface area contributed by atoms with Gasteiger partial charge in [0.1, 0.15) is 17.3 Å². The molecular formula is C25H29FN2O4. The second-order valence-electron chi connectivity index (χ2n) is 8.08. The van der Waals surface area contributed by atoms with E-state index in [-0.39, 0.29) is 23.4 Å². The lowest BCUT2D eigenvalue weighted by atomic mass is 9.94. The molecule has 1 unspecified atom stereocenters. The summed E-state index contributed by atoms with van der Waals surface area (Å²) < 4.78 is 20.3. The van der Waals surface area contributed by atoms with Crippen molar-refractivity contribution in [2.24, 2.45) is 0 Å². The van der Waals surface area contributed by atoms with Crippen LogP contribution in [0.25, 0.3) is 5.76 Å². The SMILES string of the molecule is CCOc1ccc(/C(O)=C2\C(=O)C(=O)N(CCCN(C)C)C2c2ccccc2F)cc1C. The number of aliphatic hydroxyl groups is 1. The standard InChI is InChI=1S/C25H29FN2O4/c1-5-32-20-12-11-17(15-16(20)2)23(29)21-22(18-9-6-7-10-19(18)26)28(25(31)24(21)30)14-8-13-27(3)4/h6-7,9-12,15,22,29H,5,8,13-14H2,1-4H3/b23-21+. The lowest BCUT2D eigenvalue weighted by Crippen LogP contribution is -2.32. The quantitative estimate of drug-likeness (QED) is 0.383. The highest BCUT2D eigenvalue weighted by molar-refractivity contribution is 6.46. The van der Waals surface area contributed by atoms with E-state index in [4.69, 9.17) is 4.74 Å². The van der Waals surface area contributed by atoms with Crippen molar-refractivity contribution in [3.8, 4) is 5.75 Å². The molecule has 1 aliphatic heterocycles. The van der Waals surface area contributed by atoms with Crippen LogP contribution in [0.2, 0.25) is 0 Å². The van der Waals surface area contributed by atoms with E-state index in [1.807, 2.05) is 32.8 Å². The lowest BCUT2D eigenvalue weighted by Gasteiger charge is -2.26. The van der Waals surface area contributed by atoms with Gasteiger partial charge < -0.3 is 19.6 Å². The van der Waals surface area contributed by atoms with Gasteiger partial charge in [0.25, 0.3) is 11.7 Å². The van der Waals surface area contributed by atoms with Gasteiger partial charge in [-0.1, -0.05) is 18.2 Å². The lowest BCUT2D eigenvalue weighted by molar-refractivity contribution is -0.140. The molecule has 0 saturated carbocycles. The van der Waals surface area contributed by atoms with Crippen molar-refractivity contribution in [3.63, 3.8) is 0 Å². The third kappa shape index (κ3) is 4.67. The topological polar surface area (TPSA) is 70.1 Å². The van der Waals surface area contributed by atoms with Gasteiger partial charge in [-0.15, -0.1) is 0 Å². The van der Waals surface area contributed by atoms with Crippen LogP contribution in [0.5, 0.6) is 5.75 Å². The molecule has 2 aromatic carbocycles. The number of hydrogen-bond acceptors (Lipinski definition) is 5. The average Bonchev–Trinajstić information content (AvgIpc) is 3.00. The Hall–Kier alpha value is -3.19. The number of rotatable bonds is 8. The van der Waals surface area contributed by atoms with Crippen molar-refractivity contribution in [2.75, 3.05) is 33.8 Å². The van der Waals surface area contributed by atoms with Gasteiger partial charge in [-0.25, -0.2) is 4.39 Å². The first-order valence-corrected chi connectivity index (χ1v) is 10.7. The van der Waals surface area contributed by atoms with E-state index in [1.165, 1.54) is 11.0 Å². The van der Waals surface area contributed by atoms with Crippen LogP contribution in [0.3, 0.4) is 0 Å². The van der Waals surface area contributed by atoms with Crippen molar-refractivity contribution in [1.82, 2.24) is 9.80 Å².